The molecule has 2 atom stereocenters. The van der Waals surface area contributed by atoms with Crippen LogP contribution in [-0.2, 0) is 22.5 Å². The summed E-state index contributed by atoms with van der Waals surface area (Å²) in [7, 11) is 1.39. The summed E-state index contributed by atoms with van der Waals surface area (Å²) in [5, 5.41) is 0. The van der Waals surface area contributed by atoms with Gasteiger partial charge >= 0.3 is 5.97 Å². The van der Waals surface area contributed by atoms with Crippen molar-refractivity contribution in [1.29, 1.82) is 0 Å². The first-order valence-electron chi connectivity index (χ1n) is 13.4. The average molecular weight is 518 g/mol. The number of halogens is 1. The van der Waals surface area contributed by atoms with Crippen LogP contribution in [0.5, 0.6) is 23.0 Å². The standard InChI is InChI=1S/C31H32FNO5/c1-35-30(34)16-21-19-36-29-17-23(8-9-24(21)29)38-28-12-10-25-27(13-11-26(32)31(25)28)37-22-6-4-20(5-7-22)18-33-14-2-3-15-33/h4-9,11,13,17,21,28H,2-3,10,12,14-16,18-19H2,1H3/t21?,28-/m1/s1. The highest BCUT2D eigenvalue weighted by Crippen LogP contribution is 2.44. The molecule has 1 aliphatic carbocycles. The van der Waals surface area contributed by atoms with Crippen molar-refractivity contribution < 1.29 is 28.1 Å². The molecule has 3 aromatic carbocycles. The Kier molecular flexibility index (Phi) is 6.94. The zero-order chi connectivity index (χ0) is 26.1. The molecule has 7 heteroatoms. The topological polar surface area (TPSA) is 57.2 Å². The van der Waals surface area contributed by atoms with Gasteiger partial charge in [-0.3, -0.25) is 9.69 Å². The number of hydrogen-bond acceptors (Lipinski definition) is 6. The van der Waals surface area contributed by atoms with Crippen LogP contribution < -0.4 is 14.2 Å². The van der Waals surface area contributed by atoms with Crippen LogP contribution in [0.2, 0.25) is 0 Å². The SMILES string of the molecule is COC(=O)CC1COc2cc(O[C@@H]3CCc4c(Oc5ccc(CN6CCCC6)cc5)ccc(F)c43)ccc21. The molecule has 3 aromatic rings. The van der Waals surface area contributed by atoms with Crippen molar-refractivity contribution in [3.63, 3.8) is 0 Å². The third-order valence-electron chi connectivity index (χ3n) is 7.78. The minimum Gasteiger partial charge on any atom is -0.492 e. The van der Waals surface area contributed by atoms with Gasteiger partial charge in [0.15, 0.2) is 0 Å². The van der Waals surface area contributed by atoms with Gasteiger partial charge in [0.1, 0.15) is 34.9 Å². The number of likely N-dealkylation sites (tertiary alicyclic amines) is 1. The first-order chi connectivity index (χ1) is 18.6. The van der Waals surface area contributed by atoms with E-state index in [0.29, 0.717) is 42.3 Å². The molecule has 2 heterocycles. The van der Waals surface area contributed by atoms with Crippen molar-refractivity contribution >= 4 is 5.97 Å². The number of methoxy groups -OCH3 is 1. The summed E-state index contributed by atoms with van der Waals surface area (Å²) in [6, 6.07) is 17.0. The van der Waals surface area contributed by atoms with Crippen LogP contribution in [0.4, 0.5) is 4.39 Å². The van der Waals surface area contributed by atoms with E-state index >= 15 is 4.39 Å². The molecule has 3 aliphatic rings. The maximum Gasteiger partial charge on any atom is 0.306 e. The number of carbonyl (C=O) groups excluding carboxylic acids is 1. The lowest BCUT2D eigenvalue weighted by Crippen LogP contribution is -2.18. The van der Waals surface area contributed by atoms with Gasteiger partial charge in [0, 0.05) is 35.2 Å². The van der Waals surface area contributed by atoms with Gasteiger partial charge in [0.25, 0.3) is 0 Å². The summed E-state index contributed by atoms with van der Waals surface area (Å²) >= 11 is 0. The normalized spacial score (nSPS) is 20.1. The van der Waals surface area contributed by atoms with Gasteiger partial charge in [0.2, 0.25) is 0 Å². The second-order valence-corrected chi connectivity index (χ2v) is 10.3. The molecule has 6 rings (SSSR count). The van der Waals surface area contributed by atoms with Crippen LogP contribution in [0.25, 0.3) is 0 Å². The molecule has 0 N–H and O–H groups in total. The first kappa shape index (κ1) is 24.7. The van der Waals surface area contributed by atoms with Gasteiger partial charge in [-0.25, -0.2) is 4.39 Å². The molecule has 198 valence electrons. The van der Waals surface area contributed by atoms with E-state index in [9.17, 15) is 4.79 Å². The Balaban J connectivity index is 1.15. The lowest BCUT2D eigenvalue weighted by Gasteiger charge is -2.18. The fourth-order valence-electron chi connectivity index (χ4n) is 5.79. The Morgan fingerprint density at radius 2 is 1.84 bits per heavy atom. The van der Waals surface area contributed by atoms with E-state index in [2.05, 4.69) is 17.0 Å². The summed E-state index contributed by atoms with van der Waals surface area (Å²) in [6.07, 6.45) is 3.74. The number of rotatable bonds is 8. The second-order valence-electron chi connectivity index (χ2n) is 10.3. The fourth-order valence-corrected chi connectivity index (χ4v) is 5.79. The van der Waals surface area contributed by atoms with E-state index in [1.165, 1.54) is 31.6 Å². The Labute approximate surface area is 222 Å². The predicted octanol–water partition coefficient (Wildman–Crippen LogP) is 6.32. The maximum absolute atomic E-state index is 15.0. The van der Waals surface area contributed by atoms with Crippen LogP contribution in [0, 0.1) is 5.82 Å². The molecule has 0 radical (unpaired) electrons. The highest BCUT2D eigenvalue weighted by Gasteiger charge is 2.32. The average Bonchev–Trinajstić information content (AvgIpc) is 3.68. The van der Waals surface area contributed by atoms with Crippen molar-refractivity contribution in [3.05, 3.63) is 82.7 Å². The van der Waals surface area contributed by atoms with Crippen LogP contribution in [-0.4, -0.2) is 37.7 Å². The van der Waals surface area contributed by atoms with Gasteiger partial charge in [-0.15, -0.1) is 0 Å². The second kappa shape index (κ2) is 10.7. The largest absolute Gasteiger partial charge is 0.492 e. The lowest BCUT2D eigenvalue weighted by atomic mass is 9.98. The van der Waals surface area contributed by atoms with Crippen molar-refractivity contribution in [2.75, 3.05) is 26.8 Å². The third-order valence-corrected chi connectivity index (χ3v) is 7.78. The van der Waals surface area contributed by atoms with E-state index in [0.717, 1.165) is 36.5 Å². The summed E-state index contributed by atoms with van der Waals surface area (Å²) in [5.41, 5.74) is 3.64. The first-order valence-corrected chi connectivity index (χ1v) is 13.4. The summed E-state index contributed by atoms with van der Waals surface area (Å²) in [6.45, 7) is 3.72. The van der Waals surface area contributed by atoms with Crippen LogP contribution >= 0.6 is 0 Å². The van der Waals surface area contributed by atoms with Gasteiger partial charge in [-0.2, -0.15) is 0 Å². The summed E-state index contributed by atoms with van der Waals surface area (Å²) in [4.78, 5) is 14.2. The van der Waals surface area contributed by atoms with Crippen LogP contribution in [0.3, 0.4) is 0 Å². The number of ether oxygens (including phenoxy) is 4. The number of nitrogens with zero attached hydrogens (tertiary/aromatic N) is 1. The lowest BCUT2D eigenvalue weighted by molar-refractivity contribution is -0.141. The summed E-state index contributed by atoms with van der Waals surface area (Å²) in [5.74, 6) is 2.13. The molecular weight excluding hydrogens is 485 g/mol. The van der Waals surface area contributed by atoms with Gasteiger partial charge in [-0.1, -0.05) is 18.2 Å². The highest BCUT2D eigenvalue weighted by molar-refractivity contribution is 5.71. The number of carbonyl (C=O) groups is 1. The number of benzene rings is 3. The van der Waals surface area contributed by atoms with E-state index < -0.39 is 6.10 Å². The molecule has 1 saturated heterocycles. The molecule has 38 heavy (non-hydrogen) atoms. The van der Waals surface area contributed by atoms with Gasteiger partial charge in [-0.05, 0) is 74.7 Å². The molecule has 6 nitrogen and oxygen atoms in total. The van der Waals surface area contributed by atoms with E-state index in [1.807, 2.05) is 30.3 Å². The van der Waals surface area contributed by atoms with Crippen molar-refractivity contribution in [2.24, 2.45) is 0 Å². The molecule has 0 saturated carbocycles. The zero-order valence-corrected chi connectivity index (χ0v) is 21.6. The van der Waals surface area contributed by atoms with E-state index in [1.54, 1.807) is 6.07 Å². The molecule has 0 amide bonds. The monoisotopic (exact) mass is 517 g/mol. The number of esters is 1. The van der Waals surface area contributed by atoms with Gasteiger partial charge in [0.05, 0.1) is 20.1 Å². The third kappa shape index (κ3) is 5.07. The van der Waals surface area contributed by atoms with Crippen molar-refractivity contribution in [1.82, 2.24) is 4.90 Å². The Morgan fingerprint density at radius 1 is 1.05 bits per heavy atom. The minimum atomic E-state index is -0.415. The molecule has 0 aromatic heterocycles. The molecule has 1 unspecified atom stereocenters. The Bertz CT molecular complexity index is 1320. The summed E-state index contributed by atoms with van der Waals surface area (Å²) < 4.78 is 38.1. The van der Waals surface area contributed by atoms with E-state index in [-0.39, 0.29) is 24.1 Å². The number of hydrogen-bond donors (Lipinski definition) is 0. The Hall–Kier alpha value is -3.58. The highest BCUT2D eigenvalue weighted by atomic mass is 19.1. The van der Waals surface area contributed by atoms with Crippen molar-refractivity contribution in [2.45, 2.75) is 50.7 Å². The molecule has 0 spiro atoms. The fraction of sp³-hybridized carbons (Fsp3) is 0.387. The maximum atomic E-state index is 15.0. The molecule has 2 aliphatic heterocycles. The van der Waals surface area contributed by atoms with Crippen LogP contribution in [0.15, 0.2) is 54.6 Å². The quantitative estimate of drug-likeness (QED) is 0.326. The molecule has 0 bridgehead atoms. The molecular formula is C31H32FNO5. The van der Waals surface area contributed by atoms with E-state index in [4.69, 9.17) is 18.9 Å². The van der Waals surface area contributed by atoms with Crippen molar-refractivity contribution in [3.8, 4) is 23.0 Å². The zero-order valence-electron chi connectivity index (χ0n) is 21.6. The minimum absolute atomic E-state index is 0.0369. The number of fused-ring (bicyclic) bond motifs is 2. The van der Waals surface area contributed by atoms with Gasteiger partial charge < -0.3 is 18.9 Å². The Morgan fingerprint density at radius 3 is 2.63 bits per heavy atom. The predicted molar refractivity (Wildman–Crippen MR) is 140 cm³/mol. The molecule has 1 fully saturated rings. The van der Waals surface area contributed by atoms with Crippen LogP contribution in [0.1, 0.15) is 60.0 Å². The smallest absolute Gasteiger partial charge is 0.306 e.